The number of likely N-dealkylation sites (tertiary alicyclic amines) is 1. The van der Waals surface area contributed by atoms with Crippen molar-refractivity contribution in [3.8, 4) is 0 Å². The summed E-state index contributed by atoms with van der Waals surface area (Å²) >= 11 is 0. The Balaban J connectivity index is 0.00000192. The molecule has 5 nitrogen and oxygen atoms in total. The summed E-state index contributed by atoms with van der Waals surface area (Å²) in [6.45, 7) is 4.39. The van der Waals surface area contributed by atoms with Gasteiger partial charge in [-0.25, -0.2) is 0 Å². The third-order valence-corrected chi connectivity index (χ3v) is 4.20. The highest BCUT2D eigenvalue weighted by Crippen LogP contribution is 2.13. The van der Waals surface area contributed by atoms with Gasteiger partial charge < -0.3 is 15.5 Å². The van der Waals surface area contributed by atoms with E-state index in [4.69, 9.17) is 0 Å². The number of benzene rings is 1. The van der Waals surface area contributed by atoms with Crippen LogP contribution >= 0.6 is 24.0 Å². The molecule has 23 heavy (non-hydrogen) atoms. The molecule has 0 radical (unpaired) electrons. The molecule has 1 fully saturated rings. The van der Waals surface area contributed by atoms with Gasteiger partial charge in [0.1, 0.15) is 0 Å². The average Bonchev–Trinajstić information content (AvgIpc) is 2.61. The summed E-state index contributed by atoms with van der Waals surface area (Å²) in [7, 11) is 0. The number of hydrogen-bond donors (Lipinski definition) is 2. The highest BCUT2D eigenvalue weighted by Gasteiger charge is 2.17. The Hall–Kier alpha value is -1.31. The molecule has 1 aromatic carbocycles. The van der Waals surface area contributed by atoms with Gasteiger partial charge in [0.15, 0.2) is 5.96 Å². The molecule has 0 atom stereocenters. The van der Waals surface area contributed by atoms with Gasteiger partial charge in [0.25, 0.3) is 5.91 Å². The largest absolute Gasteiger partial charge is 0.356 e. The predicted molar refractivity (Wildman–Crippen MR) is 103 cm³/mol. The van der Waals surface area contributed by atoms with Crippen LogP contribution in [0.15, 0.2) is 29.3 Å². The maximum Gasteiger partial charge on any atom is 0.253 e. The van der Waals surface area contributed by atoms with Gasteiger partial charge >= 0.3 is 0 Å². The number of nitrogens with one attached hydrogen (secondary N) is 2. The van der Waals surface area contributed by atoms with E-state index in [1.165, 1.54) is 6.42 Å². The second kappa shape index (κ2) is 9.10. The van der Waals surface area contributed by atoms with Crippen molar-refractivity contribution >= 4 is 35.8 Å². The zero-order valence-corrected chi connectivity index (χ0v) is 15.7. The van der Waals surface area contributed by atoms with Crippen molar-refractivity contribution < 1.29 is 4.79 Å². The lowest BCUT2D eigenvalue weighted by Gasteiger charge is -2.26. The fraction of sp³-hybridized carbons (Fsp3) is 0.529. The molecule has 6 heteroatoms. The molecule has 126 valence electrons. The summed E-state index contributed by atoms with van der Waals surface area (Å²) in [5, 5.41) is 6.53. The van der Waals surface area contributed by atoms with Crippen molar-refractivity contribution in [2.75, 3.05) is 26.2 Å². The minimum absolute atomic E-state index is 0. The average molecular weight is 428 g/mol. The Labute approximate surface area is 154 Å². The first kappa shape index (κ1) is 18.0. The number of carbonyl (C=O) groups excluding carboxylic acids is 1. The van der Waals surface area contributed by atoms with Crippen molar-refractivity contribution in [3.05, 3.63) is 35.4 Å². The molecule has 0 bridgehead atoms. The van der Waals surface area contributed by atoms with Gasteiger partial charge in [0.05, 0.1) is 0 Å². The first-order chi connectivity index (χ1) is 10.8. The molecule has 2 aliphatic heterocycles. The van der Waals surface area contributed by atoms with Crippen LogP contribution in [0, 0.1) is 0 Å². The lowest BCUT2D eigenvalue weighted by atomic mass is 10.1. The van der Waals surface area contributed by atoms with Crippen molar-refractivity contribution in [2.24, 2.45) is 4.99 Å². The third kappa shape index (κ3) is 5.09. The van der Waals surface area contributed by atoms with Crippen LogP contribution in [-0.2, 0) is 6.54 Å². The Morgan fingerprint density at radius 3 is 2.52 bits per heavy atom. The molecule has 3 rings (SSSR count). The Kier molecular flexibility index (Phi) is 7.14. The van der Waals surface area contributed by atoms with E-state index in [1.54, 1.807) is 0 Å². The molecule has 0 aromatic heterocycles. The number of nitrogens with zero attached hydrogens (tertiary/aromatic N) is 2. The van der Waals surface area contributed by atoms with Crippen molar-refractivity contribution in [1.82, 2.24) is 15.5 Å². The summed E-state index contributed by atoms with van der Waals surface area (Å²) in [4.78, 5) is 18.8. The second-order valence-electron chi connectivity index (χ2n) is 5.91. The third-order valence-electron chi connectivity index (χ3n) is 4.20. The molecule has 0 spiro atoms. The van der Waals surface area contributed by atoms with Gasteiger partial charge in [-0.3, -0.25) is 9.79 Å². The SMILES string of the molecule is I.O=C(c1ccc(CNC2=NCCCN2)cc1)N1CCCCC1. The fourth-order valence-corrected chi connectivity index (χ4v) is 2.88. The number of rotatable bonds is 3. The predicted octanol–water partition coefficient (Wildman–Crippen LogP) is 2.37. The van der Waals surface area contributed by atoms with E-state index in [0.29, 0.717) is 0 Å². The first-order valence-corrected chi connectivity index (χ1v) is 8.23. The molecule has 1 saturated heterocycles. The molecule has 1 aromatic rings. The van der Waals surface area contributed by atoms with Gasteiger partial charge in [0, 0.05) is 38.3 Å². The van der Waals surface area contributed by atoms with Gasteiger partial charge in [0.2, 0.25) is 0 Å². The fourth-order valence-electron chi connectivity index (χ4n) is 2.88. The van der Waals surface area contributed by atoms with E-state index in [1.807, 2.05) is 29.2 Å². The van der Waals surface area contributed by atoms with Gasteiger partial charge in [-0.1, -0.05) is 12.1 Å². The summed E-state index contributed by atoms with van der Waals surface area (Å²) in [6.07, 6.45) is 4.59. The van der Waals surface area contributed by atoms with Crippen LogP contribution in [0.1, 0.15) is 41.6 Å². The normalized spacial score (nSPS) is 17.6. The number of piperidine rings is 1. The number of hydrogen-bond acceptors (Lipinski definition) is 4. The van der Waals surface area contributed by atoms with Crippen LogP contribution < -0.4 is 10.6 Å². The van der Waals surface area contributed by atoms with Gasteiger partial charge in [-0.2, -0.15) is 0 Å². The molecular formula is C17H25IN4O. The minimum Gasteiger partial charge on any atom is -0.356 e. The van der Waals surface area contributed by atoms with Crippen molar-refractivity contribution in [2.45, 2.75) is 32.2 Å². The Morgan fingerprint density at radius 2 is 1.87 bits per heavy atom. The van der Waals surface area contributed by atoms with Crippen molar-refractivity contribution in [3.63, 3.8) is 0 Å². The highest BCUT2D eigenvalue weighted by molar-refractivity contribution is 14.0. The Morgan fingerprint density at radius 1 is 1.13 bits per heavy atom. The number of amides is 1. The molecule has 2 aliphatic rings. The van der Waals surface area contributed by atoms with Crippen molar-refractivity contribution in [1.29, 1.82) is 0 Å². The van der Waals surface area contributed by atoms with Crippen LogP contribution in [0.2, 0.25) is 0 Å². The summed E-state index contributed by atoms with van der Waals surface area (Å²) in [5.74, 6) is 1.04. The topological polar surface area (TPSA) is 56.7 Å². The maximum absolute atomic E-state index is 12.4. The van der Waals surface area contributed by atoms with Crippen LogP contribution in [0.3, 0.4) is 0 Å². The van der Waals surface area contributed by atoms with E-state index in [-0.39, 0.29) is 29.9 Å². The van der Waals surface area contributed by atoms with Crippen LogP contribution in [0.5, 0.6) is 0 Å². The zero-order chi connectivity index (χ0) is 15.2. The van der Waals surface area contributed by atoms with E-state index in [9.17, 15) is 4.79 Å². The maximum atomic E-state index is 12.4. The van der Waals surface area contributed by atoms with E-state index in [2.05, 4.69) is 15.6 Å². The Bertz CT molecular complexity index is 538. The summed E-state index contributed by atoms with van der Waals surface area (Å²) < 4.78 is 0. The minimum atomic E-state index is 0. The lowest BCUT2D eigenvalue weighted by Crippen LogP contribution is -2.40. The summed E-state index contributed by atoms with van der Waals surface area (Å²) in [6, 6.07) is 7.91. The molecular weight excluding hydrogens is 403 g/mol. The lowest BCUT2D eigenvalue weighted by molar-refractivity contribution is 0.0724. The first-order valence-electron chi connectivity index (χ1n) is 8.23. The molecule has 0 saturated carbocycles. The van der Waals surface area contributed by atoms with Crippen LogP contribution in [-0.4, -0.2) is 42.9 Å². The van der Waals surface area contributed by atoms with E-state index < -0.39 is 0 Å². The zero-order valence-electron chi connectivity index (χ0n) is 13.4. The van der Waals surface area contributed by atoms with Gasteiger partial charge in [-0.15, -0.1) is 24.0 Å². The number of carbonyl (C=O) groups is 1. The van der Waals surface area contributed by atoms with E-state index in [0.717, 1.165) is 69.1 Å². The number of guanidine groups is 1. The smallest absolute Gasteiger partial charge is 0.253 e. The molecule has 2 N–H and O–H groups in total. The standard InChI is InChI=1S/C17H24N4O.HI/c22-16(21-11-2-1-3-12-21)15-7-5-14(6-8-15)13-20-17-18-9-4-10-19-17;/h5-8H,1-4,9-13H2,(H2,18,19,20);1H. The summed E-state index contributed by atoms with van der Waals surface area (Å²) in [5.41, 5.74) is 1.95. The van der Waals surface area contributed by atoms with Gasteiger partial charge in [-0.05, 0) is 43.4 Å². The van der Waals surface area contributed by atoms with E-state index >= 15 is 0 Å². The molecule has 1 amide bonds. The molecule has 0 aliphatic carbocycles. The van der Waals surface area contributed by atoms with Crippen LogP contribution in [0.25, 0.3) is 0 Å². The highest BCUT2D eigenvalue weighted by atomic mass is 127. The molecule has 2 heterocycles. The monoisotopic (exact) mass is 428 g/mol. The second-order valence-corrected chi connectivity index (χ2v) is 5.91. The quantitative estimate of drug-likeness (QED) is 0.728. The molecule has 0 unspecified atom stereocenters. The number of aliphatic imine (C=N–C) groups is 1. The van der Waals surface area contributed by atoms with Crippen LogP contribution in [0.4, 0.5) is 0 Å². The number of halogens is 1.